The molecule has 0 spiro atoms. The lowest BCUT2D eigenvalue weighted by Crippen LogP contribution is -2.50. The predicted molar refractivity (Wildman–Crippen MR) is 133 cm³/mol. The molecule has 0 saturated heterocycles. The van der Waals surface area contributed by atoms with Gasteiger partial charge in [-0.05, 0) is 54.3 Å². The van der Waals surface area contributed by atoms with Crippen LogP contribution in [-0.2, 0) is 16.9 Å². The third kappa shape index (κ3) is 7.62. The van der Waals surface area contributed by atoms with Crippen molar-refractivity contribution in [3.63, 3.8) is 0 Å². The van der Waals surface area contributed by atoms with Crippen LogP contribution in [0.4, 0.5) is 18.0 Å². The standard InChI is InChI=1S/C26H32F3N3O6/c1-3-7-18-14-19(25(30,37)26(27,28)29)9-11-23(18)38-13-6-5-12-32(16-33)24(36)31-20(4-2)17-8-10-21(34)22(35)15-17/h5-6,8-11,14-16,20,34-35,37H,3-4,7,12-13,30H2,1-2H3,(H,31,36)/b6-5-. The first-order valence-corrected chi connectivity index (χ1v) is 11.9. The van der Waals surface area contributed by atoms with Gasteiger partial charge in [-0.15, -0.1) is 0 Å². The minimum Gasteiger partial charge on any atom is -0.504 e. The third-order valence-electron chi connectivity index (χ3n) is 5.75. The van der Waals surface area contributed by atoms with Crippen LogP contribution in [0.5, 0.6) is 17.2 Å². The normalized spacial score (nSPS) is 14.1. The number of carbonyl (C=O) groups is 2. The second kappa shape index (κ2) is 13.2. The highest BCUT2D eigenvalue weighted by molar-refractivity contribution is 5.85. The summed E-state index contributed by atoms with van der Waals surface area (Å²) >= 11 is 0. The van der Waals surface area contributed by atoms with Gasteiger partial charge in [-0.2, -0.15) is 13.2 Å². The van der Waals surface area contributed by atoms with Crippen molar-refractivity contribution in [1.29, 1.82) is 0 Å². The molecule has 208 valence electrons. The average molecular weight is 540 g/mol. The van der Waals surface area contributed by atoms with E-state index in [1.165, 1.54) is 30.4 Å². The molecule has 0 aliphatic carbocycles. The molecule has 3 amide bonds. The number of halogens is 3. The van der Waals surface area contributed by atoms with Crippen molar-refractivity contribution in [3.05, 3.63) is 65.2 Å². The molecule has 2 rings (SSSR count). The van der Waals surface area contributed by atoms with Gasteiger partial charge in [0.1, 0.15) is 12.4 Å². The number of nitrogens with one attached hydrogen (secondary N) is 1. The third-order valence-corrected chi connectivity index (χ3v) is 5.75. The highest BCUT2D eigenvalue weighted by Gasteiger charge is 2.52. The van der Waals surface area contributed by atoms with Gasteiger partial charge in [0.25, 0.3) is 0 Å². The van der Waals surface area contributed by atoms with E-state index in [2.05, 4.69) is 5.32 Å². The zero-order valence-electron chi connectivity index (χ0n) is 21.0. The van der Waals surface area contributed by atoms with Gasteiger partial charge in [-0.3, -0.25) is 15.4 Å². The number of urea groups is 1. The van der Waals surface area contributed by atoms with Gasteiger partial charge in [0.2, 0.25) is 12.1 Å². The summed E-state index contributed by atoms with van der Waals surface area (Å²) < 4.78 is 44.9. The molecule has 0 fully saturated rings. The number of phenolic OH excluding ortho intramolecular Hbond substituents is 2. The molecule has 2 aromatic rings. The first kappa shape index (κ1) is 30.5. The number of hydrogen-bond donors (Lipinski definition) is 5. The Balaban J connectivity index is 2.00. The summed E-state index contributed by atoms with van der Waals surface area (Å²) in [6.45, 7) is 3.55. The van der Waals surface area contributed by atoms with Crippen molar-refractivity contribution in [2.24, 2.45) is 5.73 Å². The SMILES string of the molecule is CCCc1cc(C(N)(O)C(F)(F)F)ccc1OC/C=C\CN(C=O)C(=O)NC(CC)c1ccc(O)c(O)c1. The maximum Gasteiger partial charge on any atom is 0.435 e. The summed E-state index contributed by atoms with van der Waals surface area (Å²) in [5.41, 5.74) is 2.10. The van der Waals surface area contributed by atoms with Crippen molar-refractivity contribution in [3.8, 4) is 17.2 Å². The number of aryl methyl sites for hydroxylation is 1. The maximum atomic E-state index is 13.1. The fourth-order valence-corrected chi connectivity index (χ4v) is 3.56. The Kier molecular flexibility index (Phi) is 10.5. The molecular weight excluding hydrogens is 507 g/mol. The van der Waals surface area contributed by atoms with Gasteiger partial charge in [0.05, 0.1) is 6.04 Å². The van der Waals surface area contributed by atoms with Crippen molar-refractivity contribution < 1.29 is 42.8 Å². The van der Waals surface area contributed by atoms with E-state index in [0.29, 0.717) is 42.5 Å². The Hall–Kier alpha value is -3.77. The summed E-state index contributed by atoms with van der Waals surface area (Å²) in [7, 11) is 0. The molecule has 12 heteroatoms. The molecule has 9 nitrogen and oxygen atoms in total. The number of rotatable bonds is 12. The summed E-state index contributed by atoms with van der Waals surface area (Å²) in [5, 5.41) is 31.6. The molecule has 0 radical (unpaired) electrons. The van der Waals surface area contributed by atoms with E-state index in [9.17, 15) is 38.1 Å². The lowest BCUT2D eigenvalue weighted by atomic mass is 9.98. The monoisotopic (exact) mass is 539 g/mol. The lowest BCUT2D eigenvalue weighted by molar-refractivity contribution is -0.264. The van der Waals surface area contributed by atoms with Crippen LogP contribution >= 0.6 is 0 Å². The van der Waals surface area contributed by atoms with E-state index in [0.717, 1.165) is 17.0 Å². The van der Waals surface area contributed by atoms with Crippen LogP contribution in [0.1, 0.15) is 49.4 Å². The minimum atomic E-state index is -5.05. The smallest absolute Gasteiger partial charge is 0.435 e. The van der Waals surface area contributed by atoms with E-state index in [4.69, 9.17) is 10.5 Å². The van der Waals surface area contributed by atoms with Crippen LogP contribution in [-0.4, -0.2) is 52.0 Å². The second-order valence-electron chi connectivity index (χ2n) is 8.54. The van der Waals surface area contributed by atoms with Crippen LogP contribution in [0.15, 0.2) is 48.6 Å². The molecule has 2 unspecified atom stereocenters. The van der Waals surface area contributed by atoms with Crippen molar-refractivity contribution in [2.45, 2.75) is 51.1 Å². The molecule has 0 bridgehead atoms. The molecule has 6 N–H and O–H groups in total. The Morgan fingerprint density at radius 2 is 1.84 bits per heavy atom. The van der Waals surface area contributed by atoms with E-state index in [1.807, 2.05) is 6.92 Å². The van der Waals surface area contributed by atoms with Gasteiger partial charge in [0.15, 0.2) is 11.5 Å². The Labute approximate surface area is 218 Å². The van der Waals surface area contributed by atoms with Gasteiger partial charge in [0, 0.05) is 12.1 Å². The van der Waals surface area contributed by atoms with E-state index in [-0.39, 0.29) is 24.7 Å². The summed E-state index contributed by atoms with van der Waals surface area (Å²) in [6, 6.07) is 6.47. The number of phenols is 2. The van der Waals surface area contributed by atoms with Crippen LogP contribution < -0.4 is 15.8 Å². The van der Waals surface area contributed by atoms with E-state index >= 15 is 0 Å². The highest BCUT2D eigenvalue weighted by Crippen LogP contribution is 2.36. The zero-order chi connectivity index (χ0) is 28.5. The fraction of sp³-hybridized carbons (Fsp3) is 0.385. The maximum absolute atomic E-state index is 13.1. The van der Waals surface area contributed by atoms with Crippen molar-refractivity contribution in [2.75, 3.05) is 13.2 Å². The van der Waals surface area contributed by atoms with Crippen LogP contribution in [0.25, 0.3) is 0 Å². The largest absolute Gasteiger partial charge is 0.504 e. The molecular formula is C26H32F3N3O6. The van der Waals surface area contributed by atoms with E-state index < -0.39 is 29.5 Å². The number of benzene rings is 2. The molecule has 0 saturated carbocycles. The number of hydrogen-bond acceptors (Lipinski definition) is 7. The van der Waals surface area contributed by atoms with Crippen LogP contribution in [0, 0.1) is 0 Å². The lowest BCUT2D eigenvalue weighted by Gasteiger charge is -2.27. The molecule has 2 atom stereocenters. The number of nitrogens with zero attached hydrogens (tertiary/aromatic N) is 1. The fourth-order valence-electron chi connectivity index (χ4n) is 3.56. The van der Waals surface area contributed by atoms with Gasteiger partial charge < -0.3 is 25.4 Å². The number of imide groups is 1. The molecule has 38 heavy (non-hydrogen) atoms. The van der Waals surface area contributed by atoms with E-state index in [1.54, 1.807) is 13.0 Å². The first-order valence-electron chi connectivity index (χ1n) is 11.9. The average Bonchev–Trinajstić information content (AvgIpc) is 2.86. The van der Waals surface area contributed by atoms with Crippen LogP contribution in [0.3, 0.4) is 0 Å². The quantitative estimate of drug-likeness (QED) is 0.119. The number of alkyl halides is 3. The number of ether oxygens (including phenoxy) is 1. The predicted octanol–water partition coefficient (Wildman–Crippen LogP) is 3.97. The van der Waals surface area contributed by atoms with Crippen molar-refractivity contribution >= 4 is 12.4 Å². The summed E-state index contributed by atoms with van der Waals surface area (Å²) in [6.07, 6.45) is -0.200. The number of aliphatic hydroxyl groups is 1. The Morgan fingerprint density at radius 1 is 1.13 bits per heavy atom. The number of carbonyl (C=O) groups excluding carboxylic acids is 2. The number of amides is 3. The molecule has 0 aromatic heterocycles. The second-order valence-corrected chi connectivity index (χ2v) is 8.54. The van der Waals surface area contributed by atoms with Crippen molar-refractivity contribution in [1.82, 2.24) is 10.2 Å². The molecule has 2 aromatic carbocycles. The first-order chi connectivity index (χ1) is 17.8. The minimum absolute atomic E-state index is 0.000904. The molecule has 0 heterocycles. The zero-order valence-corrected chi connectivity index (χ0v) is 21.0. The summed E-state index contributed by atoms with van der Waals surface area (Å²) in [5.74, 6) is -0.316. The molecule has 0 aliphatic heterocycles. The van der Waals surface area contributed by atoms with Gasteiger partial charge in [-0.25, -0.2) is 4.79 Å². The molecule has 0 aliphatic rings. The van der Waals surface area contributed by atoms with Gasteiger partial charge in [-0.1, -0.05) is 38.5 Å². The Bertz CT molecular complexity index is 1140. The number of aromatic hydroxyl groups is 2. The Morgan fingerprint density at radius 3 is 2.42 bits per heavy atom. The van der Waals surface area contributed by atoms with Gasteiger partial charge >= 0.3 is 12.2 Å². The summed E-state index contributed by atoms with van der Waals surface area (Å²) in [4.78, 5) is 24.9. The topological polar surface area (TPSA) is 145 Å². The number of nitrogens with two attached hydrogens (primary N) is 1. The highest BCUT2D eigenvalue weighted by atomic mass is 19.4. The van der Waals surface area contributed by atoms with Crippen LogP contribution in [0.2, 0.25) is 0 Å².